The third-order valence-corrected chi connectivity index (χ3v) is 3.07. The van der Waals surface area contributed by atoms with Crippen molar-refractivity contribution in [1.82, 2.24) is 0 Å². The van der Waals surface area contributed by atoms with Gasteiger partial charge in [0, 0.05) is 11.7 Å². The molecule has 2 heteroatoms. The van der Waals surface area contributed by atoms with Crippen LogP contribution < -0.4 is 5.32 Å². The maximum atomic E-state index is 8.84. The molecule has 0 heterocycles. The molecular weight excluding hydrogens is 232 g/mol. The van der Waals surface area contributed by atoms with Crippen LogP contribution >= 0.6 is 0 Å². The van der Waals surface area contributed by atoms with Crippen LogP contribution in [0.4, 0.5) is 5.69 Å². The van der Waals surface area contributed by atoms with Gasteiger partial charge in [0.2, 0.25) is 0 Å². The number of hydrogen-bond acceptors (Lipinski definition) is 2. The molecule has 0 aliphatic rings. The Morgan fingerprint density at radius 3 is 2.47 bits per heavy atom. The minimum atomic E-state index is 0.335. The van der Waals surface area contributed by atoms with Gasteiger partial charge in [0.25, 0.3) is 0 Å². The number of nitrogens with one attached hydrogen (secondary N) is 1. The molecule has 2 aromatic rings. The van der Waals surface area contributed by atoms with Gasteiger partial charge < -0.3 is 5.32 Å². The molecule has 2 aromatic carbocycles. The van der Waals surface area contributed by atoms with Gasteiger partial charge in [-0.25, -0.2) is 0 Å². The van der Waals surface area contributed by atoms with E-state index >= 15 is 0 Å². The van der Waals surface area contributed by atoms with Crippen molar-refractivity contribution in [3.05, 3.63) is 65.7 Å². The molecule has 0 aliphatic heterocycles. The Morgan fingerprint density at radius 1 is 1.05 bits per heavy atom. The zero-order valence-electron chi connectivity index (χ0n) is 11.1. The molecule has 0 saturated carbocycles. The highest BCUT2D eigenvalue weighted by Crippen LogP contribution is 2.17. The van der Waals surface area contributed by atoms with E-state index in [1.165, 1.54) is 5.56 Å². The maximum Gasteiger partial charge on any atom is 0.0670 e. The lowest BCUT2D eigenvalue weighted by atomic mass is 10.1. The largest absolute Gasteiger partial charge is 0.382 e. The first kappa shape index (κ1) is 13.2. The van der Waals surface area contributed by atoms with Crippen LogP contribution in [0.3, 0.4) is 0 Å². The minimum absolute atomic E-state index is 0.335. The fourth-order valence-electron chi connectivity index (χ4n) is 2.18. The molecule has 0 spiro atoms. The topological polar surface area (TPSA) is 35.8 Å². The summed E-state index contributed by atoms with van der Waals surface area (Å²) in [4.78, 5) is 0. The average molecular weight is 250 g/mol. The zero-order valence-corrected chi connectivity index (χ0v) is 11.1. The monoisotopic (exact) mass is 250 g/mol. The number of hydrogen-bond donors (Lipinski definition) is 1. The smallest absolute Gasteiger partial charge is 0.0670 e. The van der Waals surface area contributed by atoms with Crippen molar-refractivity contribution in [3.63, 3.8) is 0 Å². The van der Waals surface area contributed by atoms with Crippen LogP contribution in [0, 0.1) is 11.3 Å². The second-order valence-corrected chi connectivity index (χ2v) is 4.73. The van der Waals surface area contributed by atoms with E-state index in [4.69, 9.17) is 5.26 Å². The molecule has 1 N–H and O–H groups in total. The van der Waals surface area contributed by atoms with E-state index in [-0.39, 0.29) is 0 Å². The van der Waals surface area contributed by atoms with Gasteiger partial charge in [-0.1, -0.05) is 48.5 Å². The summed E-state index contributed by atoms with van der Waals surface area (Å²) in [7, 11) is 0. The average Bonchev–Trinajstić information content (AvgIpc) is 2.42. The second kappa shape index (κ2) is 6.61. The predicted molar refractivity (Wildman–Crippen MR) is 79.0 cm³/mol. The molecule has 1 atom stereocenters. The first-order valence-corrected chi connectivity index (χ1v) is 6.55. The van der Waals surface area contributed by atoms with Crippen molar-refractivity contribution in [1.29, 1.82) is 5.26 Å². The summed E-state index contributed by atoms with van der Waals surface area (Å²) in [5.41, 5.74) is 3.44. The SMILES string of the molecule is CC(Cc1ccccc1)Nc1ccccc1CC#N. The maximum absolute atomic E-state index is 8.84. The molecule has 1 unspecified atom stereocenters. The van der Waals surface area contributed by atoms with Gasteiger partial charge in [-0.15, -0.1) is 0 Å². The van der Waals surface area contributed by atoms with Crippen LogP contribution in [0.1, 0.15) is 18.1 Å². The van der Waals surface area contributed by atoms with E-state index < -0.39 is 0 Å². The van der Waals surface area contributed by atoms with E-state index in [2.05, 4.69) is 42.6 Å². The molecule has 19 heavy (non-hydrogen) atoms. The molecule has 0 fully saturated rings. The van der Waals surface area contributed by atoms with Gasteiger partial charge in [-0.3, -0.25) is 0 Å². The number of rotatable bonds is 5. The lowest BCUT2D eigenvalue weighted by Gasteiger charge is -2.17. The lowest BCUT2D eigenvalue weighted by Crippen LogP contribution is -2.18. The molecule has 0 amide bonds. The van der Waals surface area contributed by atoms with E-state index in [1.54, 1.807) is 0 Å². The van der Waals surface area contributed by atoms with Crippen LogP contribution in [-0.2, 0) is 12.8 Å². The van der Waals surface area contributed by atoms with Crippen molar-refractivity contribution >= 4 is 5.69 Å². The van der Waals surface area contributed by atoms with Crippen LogP contribution in [0.15, 0.2) is 54.6 Å². The molecule has 0 radical (unpaired) electrons. The molecule has 0 saturated heterocycles. The van der Waals surface area contributed by atoms with Gasteiger partial charge in [0.05, 0.1) is 12.5 Å². The molecule has 0 aromatic heterocycles. The van der Waals surface area contributed by atoms with Gasteiger partial charge in [-0.2, -0.15) is 5.26 Å². The molecule has 0 aliphatic carbocycles. The Kier molecular flexibility index (Phi) is 4.58. The van der Waals surface area contributed by atoms with E-state index in [1.807, 2.05) is 30.3 Å². The Balaban J connectivity index is 2.03. The normalized spacial score (nSPS) is 11.6. The van der Waals surface area contributed by atoms with Crippen molar-refractivity contribution < 1.29 is 0 Å². The highest BCUT2D eigenvalue weighted by Gasteiger charge is 2.06. The van der Waals surface area contributed by atoms with E-state index in [9.17, 15) is 0 Å². The molecule has 2 nitrogen and oxygen atoms in total. The van der Waals surface area contributed by atoms with Crippen molar-refractivity contribution in [3.8, 4) is 6.07 Å². The summed E-state index contributed by atoms with van der Waals surface area (Å²) in [5.74, 6) is 0. The minimum Gasteiger partial charge on any atom is -0.382 e. The molecular formula is C17H18N2. The van der Waals surface area contributed by atoms with E-state index in [0.29, 0.717) is 12.5 Å². The first-order valence-electron chi connectivity index (χ1n) is 6.55. The summed E-state index contributed by atoms with van der Waals surface area (Å²) < 4.78 is 0. The van der Waals surface area contributed by atoms with Gasteiger partial charge in [0.1, 0.15) is 0 Å². The third-order valence-electron chi connectivity index (χ3n) is 3.07. The summed E-state index contributed by atoms with van der Waals surface area (Å²) in [5, 5.41) is 12.3. The standard InChI is InChI=1S/C17H18N2/c1-14(13-15-7-3-2-4-8-15)19-17-10-6-5-9-16(17)11-12-18/h2-10,14,19H,11,13H2,1H3. The quantitative estimate of drug-likeness (QED) is 0.876. The summed E-state index contributed by atoms with van der Waals surface area (Å²) in [6, 6.07) is 21.0. The number of anilines is 1. The van der Waals surface area contributed by atoms with Gasteiger partial charge in [-0.05, 0) is 30.5 Å². The van der Waals surface area contributed by atoms with Crippen molar-refractivity contribution in [2.75, 3.05) is 5.32 Å². The lowest BCUT2D eigenvalue weighted by molar-refractivity contribution is 0.788. The number of nitriles is 1. The highest BCUT2D eigenvalue weighted by atomic mass is 14.9. The Labute approximate surface area is 114 Å². The Morgan fingerprint density at radius 2 is 1.74 bits per heavy atom. The summed E-state index contributed by atoms with van der Waals surface area (Å²) in [6.07, 6.45) is 1.42. The zero-order chi connectivity index (χ0) is 13.5. The highest BCUT2D eigenvalue weighted by molar-refractivity contribution is 5.52. The fourth-order valence-corrected chi connectivity index (χ4v) is 2.18. The van der Waals surface area contributed by atoms with E-state index in [0.717, 1.165) is 17.7 Å². The summed E-state index contributed by atoms with van der Waals surface area (Å²) >= 11 is 0. The molecule has 0 bridgehead atoms. The summed E-state index contributed by atoms with van der Waals surface area (Å²) in [6.45, 7) is 2.16. The van der Waals surface area contributed by atoms with Gasteiger partial charge in [0.15, 0.2) is 0 Å². The van der Waals surface area contributed by atoms with Crippen LogP contribution in [-0.4, -0.2) is 6.04 Å². The molecule has 2 rings (SSSR count). The number of para-hydroxylation sites is 1. The van der Waals surface area contributed by atoms with Crippen LogP contribution in [0.5, 0.6) is 0 Å². The number of benzene rings is 2. The third kappa shape index (κ3) is 3.86. The Bertz CT molecular complexity index is 555. The first-order chi connectivity index (χ1) is 9.29. The molecule has 96 valence electrons. The predicted octanol–water partition coefficient (Wildman–Crippen LogP) is 3.80. The van der Waals surface area contributed by atoms with Gasteiger partial charge >= 0.3 is 0 Å². The second-order valence-electron chi connectivity index (χ2n) is 4.73. The Hall–Kier alpha value is -2.27. The van der Waals surface area contributed by atoms with Crippen molar-refractivity contribution in [2.45, 2.75) is 25.8 Å². The van der Waals surface area contributed by atoms with Crippen molar-refractivity contribution in [2.24, 2.45) is 0 Å². The number of nitrogens with zero attached hydrogens (tertiary/aromatic N) is 1. The van der Waals surface area contributed by atoms with Crippen LogP contribution in [0.25, 0.3) is 0 Å². The fraction of sp³-hybridized carbons (Fsp3) is 0.235. The van der Waals surface area contributed by atoms with Crippen LogP contribution in [0.2, 0.25) is 0 Å².